The molecule has 2 aromatic carbocycles. The molecule has 0 aliphatic heterocycles. The SMILES string of the molecule is N#[N+]c1ccc2c(S(=O)(=O)[O-])cccc2c1O.[Na+]. The number of fused-ring (bicyclic) bond motifs is 1. The van der Waals surface area contributed by atoms with Crippen molar-refractivity contribution in [3.05, 3.63) is 35.3 Å². The van der Waals surface area contributed by atoms with E-state index in [4.69, 9.17) is 5.39 Å². The summed E-state index contributed by atoms with van der Waals surface area (Å²) in [5.41, 5.74) is -0.0991. The van der Waals surface area contributed by atoms with Gasteiger partial charge in [-0.1, -0.05) is 12.1 Å². The molecule has 2 aromatic rings. The largest absolute Gasteiger partial charge is 1.00 e. The van der Waals surface area contributed by atoms with Gasteiger partial charge in [0.05, 0.1) is 4.90 Å². The van der Waals surface area contributed by atoms with Gasteiger partial charge in [0.25, 0.3) is 0 Å². The molecule has 86 valence electrons. The molecule has 0 bridgehead atoms. The van der Waals surface area contributed by atoms with Crippen molar-refractivity contribution in [3.63, 3.8) is 0 Å². The predicted molar refractivity (Wildman–Crippen MR) is 58.3 cm³/mol. The van der Waals surface area contributed by atoms with E-state index in [0.717, 1.165) is 6.07 Å². The van der Waals surface area contributed by atoms with Crippen LogP contribution >= 0.6 is 0 Å². The zero-order valence-electron chi connectivity index (χ0n) is 9.36. The van der Waals surface area contributed by atoms with Crippen molar-refractivity contribution in [2.75, 3.05) is 0 Å². The Hall–Kier alpha value is -1.17. The Morgan fingerprint density at radius 1 is 1.17 bits per heavy atom. The van der Waals surface area contributed by atoms with Crippen LogP contribution in [-0.4, -0.2) is 18.1 Å². The Morgan fingerprint density at radius 2 is 1.83 bits per heavy atom. The van der Waals surface area contributed by atoms with Gasteiger partial charge in [-0.05, 0) is 12.1 Å². The average molecular weight is 273 g/mol. The first-order chi connectivity index (χ1) is 7.95. The van der Waals surface area contributed by atoms with E-state index in [1.54, 1.807) is 0 Å². The molecule has 0 unspecified atom stereocenters. The summed E-state index contributed by atoms with van der Waals surface area (Å²) in [7, 11) is -4.62. The normalized spacial score (nSPS) is 10.7. The number of nitrogens with zero attached hydrogens (tertiary/aromatic N) is 2. The van der Waals surface area contributed by atoms with Gasteiger partial charge in [0, 0.05) is 16.8 Å². The van der Waals surface area contributed by atoms with Crippen molar-refractivity contribution >= 4 is 26.6 Å². The van der Waals surface area contributed by atoms with Gasteiger partial charge in [-0.3, -0.25) is 0 Å². The topological polar surface area (TPSA) is 106 Å². The number of hydrogen-bond acceptors (Lipinski definition) is 5. The third-order valence-electron chi connectivity index (χ3n) is 2.35. The van der Waals surface area contributed by atoms with Crippen LogP contribution < -0.4 is 29.6 Å². The average Bonchev–Trinajstić information content (AvgIpc) is 2.28. The fourth-order valence-electron chi connectivity index (χ4n) is 1.60. The molecule has 0 heterocycles. The quantitative estimate of drug-likeness (QED) is 0.405. The number of phenols is 1. The minimum Gasteiger partial charge on any atom is -0.744 e. The van der Waals surface area contributed by atoms with Crippen LogP contribution in [0.15, 0.2) is 35.2 Å². The van der Waals surface area contributed by atoms with Gasteiger partial charge < -0.3 is 9.66 Å². The second kappa shape index (κ2) is 5.22. The third kappa shape index (κ3) is 2.48. The molecule has 8 heteroatoms. The van der Waals surface area contributed by atoms with Crippen molar-refractivity contribution in [1.29, 1.82) is 5.39 Å². The molecule has 2 rings (SSSR count). The van der Waals surface area contributed by atoms with E-state index < -0.39 is 15.0 Å². The Bertz CT molecular complexity index is 752. The molecule has 0 radical (unpaired) electrons. The van der Waals surface area contributed by atoms with Gasteiger partial charge in [-0.25, -0.2) is 8.42 Å². The first-order valence-corrected chi connectivity index (χ1v) is 5.91. The summed E-state index contributed by atoms with van der Waals surface area (Å²) in [6.45, 7) is 0. The van der Waals surface area contributed by atoms with E-state index in [1.807, 2.05) is 0 Å². The van der Waals surface area contributed by atoms with Gasteiger partial charge >= 0.3 is 35.2 Å². The summed E-state index contributed by atoms with van der Waals surface area (Å²) in [6, 6.07) is 6.42. The fourth-order valence-corrected chi connectivity index (χ4v) is 2.29. The molecule has 0 aliphatic carbocycles. The van der Waals surface area contributed by atoms with E-state index in [0.29, 0.717) is 0 Å². The van der Waals surface area contributed by atoms with E-state index in [1.165, 1.54) is 24.3 Å². The molecule has 6 nitrogen and oxygen atoms in total. The van der Waals surface area contributed by atoms with Crippen LogP contribution in [0.5, 0.6) is 5.75 Å². The monoisotopic (exact) mass is 273 g/mol. The summed E-state index contributed by atoms with van der Waals surface area (Å²) in [4.78, 5) is 2.41. The van der Waals surface area contributed by atoms with Crippen molar-refractivity contribution in [3.8, 4) is 5.75 Å². The van der Waals surface area contributed by atoms with Crippen LogP contribution in [0, 0.1) is 5.39 Å². The standard InChI is InChI=1S/C10H6N2O4S.Na/c11-12-8-5-4-6-7(10(8)13)2-1-3-9(6)17(14,15)16;/h1-5H,(H-,13,14,15,16);/q;+1. The number of aromatic hydroxyl groups is 1. The first kappa shape index (κ1) is 14.9. The van der Waals surface area contributed by atoms with Crippen molar-refractivity contribution in [1.82, 2.24) is 0 Å². The van der Waals surface area contributed by atoms with Gasteiger partial charge in [0.1, 0.15) is 10.1 Å². The second-order valence-electron chi connectivity index (χ2n) is 3.34. The minimum atomic E-state index is -4.62. The van der Waals surface area contributed by atoms with Gasteiger partial charge in [0.15, 0.2) is 4.98 Å². The van der Waals surface area contributed by atoms with Crippen LogP contribution in [0.25, 0.3) is 15.7 Å². The van der Waals surface area contributed by atoms with Crippen LogP contribution in [-0.2, 0) is 10.1 Å². The van der Waals surface area contributed by atoms with E-state index in [2.05, 4.69) is 4.98 Å². The zero-order valence-corrected chi connectivity index (χ0v) is 12.2. The Labute approximate surface area is 125 Å². The zero-order chi connectivity index (χ0) is 12.6. The minimum absolute atomic E-state index is 0. The van der Waals surface area contributed by atoms with Crippen LogP contribution in [0.4, 0.5) is 5.69 Å². The Balaban J connectivity index is 0.00000162. The predicted octanol–water partition coefficient (Wildman–Crippen LogP) is -1.06. The summed E-state index contributed by atoms with van der Waals surface area (Å²) in [5, 5.41) is 18.5. The molecule has 0 spiro atoms. The van der Waals surface area contributed by atoms with Gasteiger partial charge in [-0.15, -0.1) is 0 Å². The molecule has 1 N–H and O–H groups in total. The van der Waals surface area contributed by atoms with E-state index in [-0.39, 0.29) is 51.8 Å². The first-order valence-electron chi connectivity index (χ1n) is 4.51. The summed E-state index contributed by atoms with van der Waals surface area (Å²) < 4.78 is 33.0. The number of phenolic OH excluding ortho intramolecular Hbond substituents is 1. The number of diazo groups is 1. The summed E-state index contributed by atoms with van der Waals surface area (Å²) in [6.07, 6.45) is 0. The summed E-state index contributed by atoms with van der Waals surface area (Å²) in [5.74, 6) is -0.379. The molecule has 0 atom stereocenters. The Kier molecular flexibility index (Phi) is 4.32. The third-order valence-corrected chi connectivity index (χ3v) is 3.24. The maximum atomic E-state index is 11.0. The van der Waals surface area contributed by atoms with Crippen LogP contribution in [0.3, 0.4) is 0 Å². The molecular weight excluding hydrogens is 267 g/mol. The molecule has 0 saturated carbocycles. The van der Waals surface area contributed by atoms with Crippen LogP contribution in [0.2, 0.25) is 0 Å². The van der Waals surface area contributed by atoms with Gasteiger partial charge in [0.2, 0.25) is 11.1 Å². The Morgan fingerprint density at radius 3 is 2.39 bits per heavy atom. The number of hydrogen-bond donors (Lipinski definition) is 1. The number of rotatable bonds is 1. The van der Waals surface area contributed by atoms with E-state index >= 15 is 0 Å². The van der Waals surface area contributed by atoms with Crippen LogP contribution in [0.1, 0.15) is 0 Å². The van der Waals surface area contributed by atoms with E-state index in [9.17, 15) is 18.1 Å². The molecule has 0 aromatic heterocycles. The van der Waals surface area contributed by atoms with Crippen molar-refractivity contribution in [2.24, 2.45) is 0 Å². The van der Waals surface area contributed by atoms with Gasteiger partial charge in [-0.2, -0.15) is 0 Å². The van der Waals surface area contributed by atoms with Crippen molar-refractivity contribution in [2.45, 2.75) is 4.90 Å². The molecule has 0 saturated heterocycles. The van der Waals surface area contributed by atoms with Crippen molar-refractivity contribution < 1.29 is 47.6 Å². The molecular formula is C10H6N2NaO4S+. The molecule has 18 heavy (non-hydrogen) atoms. The molecule has 0 aliphatic rings. The fraction of sp³-hybridized carbons (Fsp3) is 0. The maximum Gasteiger partial charge on any atom is 1.00 e. The summed E-state index contributed by atoms with van der Waals surface area (Å²) >= 11 is 0. The second-order valence-corrected chi connectivity index (χ2v) is 4.69. The maximum absolute atomic E-state index is 11.0. The molecule has 0 amide bonds. The molecule has 0 fully saturated rings. The number of benzene rings is 2. The smallest absolute Gasteiger partial charge is 0.744 e.